The van der Waals surface area contributed by atoms with Gasteiger partial charge in [0.25, 0.3) is 0 Å². The third-order valence-electron chi connectivity index (χ3n) is 3.61. The van der Waals surface area contributed by atoms with E-state index in [9.17, 15) is 9.59 Å². The number of esters is 1. The third kappa shape index (κ3) is 2.98. The molecule has 0 atom stereocenters. The van der Waals surface area contributed by atoms with Crippen LogP contribution in [0.5, 0.6) is 5.75 Å². The summed E-state index contributed by atoms with van der Waals surface area (Å²) < 4.78 is 9.80. The van der Waals surface area contributed by atoms with Crippen molar-refractivity contribution in [2.45, 2.75) is 6.42 Å². The minimum absolute atomic E-state index is 0.231. The van der Waals surface area contributed by atoms with Crippen molar-refractivity contribution < 1.29 is 19.1 Å². The molecule has 1 aromatic carbocycles. The highest BCUT2D eigenvalue weighted by molar-refractivity contribution is 7.12. The zero-order chi connectivity index (χ0) is 16.4. The van der Waals surface area contributed by atoms with Gasteiger partial charge in [-0.25, -0.2) is 0 Å². The minimum atomic E-state index is -0.526. The van der Waals surface area contributed by atoms with Crippen LogP contribution in [0.3, 0.4) is 0 Å². The summed E-state index contributed by atoms with van der Waals surface area (Å²) in [5.74, 6) is 0.0165. The molecule has 0 unspecified atom stereocenters. The second kappa shape index (κ2) is 6.26. The number of hydrogen-bond acceptors (Lipinski definition) is 5. The van der Waals surface area contributed by atoms with E-state index in [4.69, 9.17) is 4.74 Å². The number of fused-ring (bicyclic) bond motifs is 1. The number of benzene rings is 1. The second-order valence-electron chi connectivity index (χ2n) is 4.99. The van der Waals surface area contributed by atoms with Crippen LogP contribution in [-0.2, 0) is 9.53 Å². The molecular formula is C17H15NO4S. The second-order valence-corrected chi connectivity index (χ2v) is 5.90. The Balaban J connectivity index is 1.94. The molecule has 2 aromatic heterocycles. The smallest absolute Gasteiger partial charge is 0.313 e. The van der Waals surface area contributed by atoms with Gasteiger partial charge in [-0.05, 0) is 35.2 Å². The summed E-state index contributed by atoms with van der Waals surface area (Å²) in [4.78, 5) is 27.0. The molecule has 0 aliphatic rings. The fraction of sp³-hybridized carbons (Fsp3) is 0.176. The highest BCUT2D eigenvalue weighted by Gasteiger charge is 2.16. The van der Waals surface area contributed by atoms with Gasteiger partial charge in [-0.1, -0.05) is 0 Å². The van der Waals surface area contributed by atoms with Gasteiger partial charge in [-0.15, -0.1) is 11.3 Å². The first-order valence-electron chi connectivity index (χ1n) is 6.96. The first-order chi connectivity index (χ1) is 11.1. The Bertz CT molecular complexity index is 878. The summed E-state index contributed by atoms with van der Waals surface area (Å²) in [7, 11) is 2.90. The van der Waals surface area contributed by atoms with Crippen molar-refractivity contribution in [1.82, 2.24) is 4.98 Å². The highest BCUT2D eigenvalue weighted by Crippen LogP contribution is 2.34. The molecule has 1 N–H and O–H groups in total. The van der Waals surface area contributed by atoms with Crippen LogP contribution in [0.15, 0.2) is 35.8 Å². The molecule has 0 aliphatic carbocycles. The molecule has 3 aromatic rings. The van der Waals surface area contributed by atoms with Crippen molar-refractivity contribution in [3.05, 3.63) is 40.7 Å². The number of aromatic amines is 1. The van der Waals surface area contributed by atoms with Gasteiger partial charge in [0.1, 0.15) is 12.2 Å². The number of rotatable bonds is 5. The number of carbonyl (C=O) groups excluding carboxylic acids is 2. The summed E-state index contributed by atoms with van der Waals surface area (Å²) in [6, 6.07) is 7.60. The Morgan fingerprint density at radius 3 is 2.78 bits per heavy atom. The number of methoxy groups -OCH3 is 2. The molecule has 2 heterocycles. The molecule has 0 bridgehead atoms. The van der Waals surface area contributed by atoms with Crippen molar-refractivity contribution in [3.63, 3.8) is 0 Å². The van der Waals surface area contributed by atoms with E-state index in [0.29, 0.717) is 4.88 Å². The van der Waals surface area contributed by atoms with Crippen molar-refractivity contribution in [2.75, 3.05) is 14.2 Å². The predicted molar refractivity (Wildman–Crippen MR) is 89.1 cm³/mol. The van der Waals surface area contributed by atoms with E-state index in [1.165, 1.54) is 18.4 Å². The average Bonchev–Trinajstić information content (AvgIpc) is 3.20. The van der Waals surface area contributed by atoms with Gasteiger partial charge in [-0.3, -0.25) is 9.59 Å². The zero-order valence-corrected chi connectivity index (χ0v) is 13.5. The molecular weight excluding hydrogens is 314 g/mol. The van der Waals surface area contributed by atoms with Crippen LogP contribution < -0.4 is 4.74 Å². The summed E-state index contributed by atoms with van der Waals surface area (Å²) in [5, 5.41) is 2.93. The van der Waals surface area contributed by atoms with Crippen molar-refractivity contribution in [2.24, 2.45) is 0 Å². The molecule has 118 valence electrons. The van der Waals surface area contributed by atoms with Gasteiger partial charge < -0.3 is 14.5 Å². The van der Waals surface area contributed by atoms with Crippen molar-refractivity contribution in [3.8, 4) is 16.9 Å². The van der Waals surface area contributed by atoms with Gasteiger partial charge in [0.15, 0.2) is 5.78 Å². The number of aromatic nitrogens is 1. The molecule has 0 saturated carbocycles. The van der Waals surface area contributed by atoms with E-state index in [0.717, 1.165) is 27.8 Å². The fourth-order valence-corrected chi connectivity index (χ4v) is 3.23. The maximum Gasteiger partial charge on any atom is 0.313 e. The van der Waals surface area contributed by atoms with Crippen molar-refractivity contribution in [1.29, 1.82) is 0 Å². The van der Waals surface area contributed by atoms with Gasteiger partial charge >= 0.3 is 5.97 Å². The third-order valence-corrected chi connectivity index (χ3v) is 4.58. The average molecular weight is 329 g/mol. The highest BCUT2D eigenvalue weighted by atomic mass is 32.1. The molecule has 3 rings (SSSR count). The molecule has 0 radical (unpaired) electrons. The predicted octanol–water partition coefficient (Wildman–Crippen LogP) is 3.65. The van der Waals surface area contributed by atoms with Gasteiger partial charge in [-0.2, -0.15) is 0 Å². The Morgan fingerprint density at radius 1 is 1.22 bits per heavy atom. The topological polar surface area (TPSA) is 68.4 Å². The Labute approximate surface area is 136 Å². The largest absolute Gasteiger partial charge is 0.497 e. The van der Waals surface area contributed by atoms with Crippen LogP contribution in [0.2, 0.25) is 0 Å². The van der Waals surface area contributed by atoms with Crippen LogP contribution in [-0.4, -0.2) is 31.0 Å². The molecule has 6 heteroatoms. The number of Topliss-reactive ketones (excluding diaryl/α,β-unsaturated/α-hetero) is 1. The van der Waals surface area contributed by atoms with E-state index in [2.05, 4.69) is 9.72 Å². The first kappa shape index (κ1) is 15.3. The lowest BCUT2D eigenvalue weighted by atomic mass is 10.1. The molecule has 0 saturated heterocycles. The Kier molecular flexibility index (Phi) is 4.16. The maximum atomic E-state index is 12.0. The molecule has 0 spiro atoms. The van der Waals surface area contributed by atoms with E-state index < -0.39 is 5.97 Å². The van der Waals surface area contributed by atoms with Crippen LogP contribution in [0.1, 0.15) is 16.1 Å². The summed E-state index contributed by atoms with van der Waals surface area (Å²) in [6.45, 7) is 0. The molecule has 0 aliphatic heterocycles. The lowest BCUT2D eigenvalue weighted by Crippen LogP contribution is -2.08. The van der Waals surface area contributed by atoms with E-state index >= 15 is 0 Å². The summed E-state index contributed by atoms with van der Waals surface area (Å²) in [5.41, 5.74) is 2.92. The van der Waals surface area contributed by atoms with Gasteiger partial charge in [0.2, 0.25) is 0 Å². The number of ketones is 1. The number of nitrogens with one attached hydrogen (secondary N) is 1. The fourth-order valence-electron chi connectivity index (χ4n) is 2.38. The monoisotopic (exact) mass is 329 g/mol. The number of thiophene rings is 1. The molecule has 0 amide bonds. The first-order valence-corrected chi connectivity index (χ1v) is 7.84. The number of hydrogen-bond donors (Lipinski definition) is 1. The molecule has 23 heavy (non-hydrogen) atoms. The number of H-pyrrole nitrogens is 1. The Morgan fingerprint density at radius 2 is 2.04 bits per heavy atom. The zero-order valence-electron chi connectivity index (χ0n) is 12.7. The molecule has 5 nitrogen and oxygen atoms in total. The van der Waals surface area contributed by atoms with E-state index in [-0.39, 0.29) is 12.2 Å². The van der Waals surface area contributed by atoms with Crippen LogP contribution in [0.25, 0.3) is 22.0 Å². The van der Waals surface area contributed by atoms with Crippen LogP contribution in [0, 0.1) is 0 Å². The van der Waals surface area contributed by atoms with E-state index in [1.807, 2.05) is 29.8 Å². The Hall–Kier alpha value is -2.60. The lowest BCUT2D eigenvalue weighted by molar-refractivity contribution is -0.139. The van der Waals surface area contributed by atoms with Crippen LogP contribution >= 0.6 is 11.3 Å². The quantitative estimate of drug-likeness (QED) is 0.441. The van der Waals surface area contributed by atoms with E-state index in [1.54, 1.807) is 13.2 Å². The minimum Gasteiger partial charge on any atom is -0.497 e. The standard InChI is InChI=1S/C17H15NO4S/c1-21-11-3-4-14-12(6-11)13(8-18-14)10-5-16(23-9-10)15(19)7-17(20)22-2/h3-6,8-9,18H,7H2,1-2H3. The number of carbonyl (C=O) groups is 2. The maximum absolute atomic E-state index is 12.0. The van der Waals surface area contributed by atoms with Crippen molar-refractivity contribution >= 4 is 34.0 Å². The van der Waals surface area contributed by atoms with Gasteiger partial charge in [0, 0.05) is 22.7 Å². The lowest BCUT2D eigenvalue weighted by Gasteiger charge is -2.00. The number of ether oxygens (including phenoxy) is 2. The van der Waals surface area contributed by atoms with Crippen LogP contribution in [0.4, 0.5) is 0 Å². The summed E-state index contributed by atoms with van der Waals surface area (Å²) in [6.07, 6.45) is 1.67. The normalized spacial score (nSPS) is 10.7. The SMILES string of the molecule is COC(=O)CC(=O)c1cc(-c2c[nH]c3ccc(OC)cc23)cs1. The van der Waals surface area contributed by atoms with Gasteiger partial charge in [0.05, 0.1) is 19.1 Å². The summed E-state index contributed by atoms with van der Waals surface area (Å²) >= 11 is 1.32. The molecule has 0 fully saturated rings.